The van der Waals surface area contributed by atoms with Crippen molar-refractivity contribution in [2.75, 3.05) is 46.9 Å². The van der Waals surface area contributed by atoms with Gasteiger partial charge in [-0.05, 0) is 61.4 Å². The number of para-hydroxylation sites is 1. The van der Waals surface area contributed by atoms with Crippen LogP contribution in [0.5, 0.6) is 0 Å². The van der Waals surface area contributed by atoms with Gasteiger partial charge < -0.3 is 9.64 Å². The number of hydrogen-bond donors (Lipinski definition) is 0. The number of aromatic nitrogens is 5. The van der Waals surface area contributed by atoms with Crippen LogP contribution in [0.1, 0.15) is 41.6 Å². The molecule has 2 aliphatic rings. The summed E-state index contributed by atoms with van der Waals surface area (Å²) in [5.41, 5.74) is 5.93. The van der Waals surface area contributed by atoms with Crippen molar-refractivity contribution in [1.82, 2.24) is 34.7 Å². The summed E-state index contributed by atoms with van der Waals surface area (Å²) < 4.78 is 21.1. The topological polar surface area (TPSA) is 98.5 Å². The fourth-order valence-electron chi connectivity index (χ4n) is 6.02. The van der Waals surface area contributed by atoms with E-state index in [0.29, 0.717) is 25.3 Å². The van der Waals surface area contributed by atoms with E-state index in [1.165, 1.54) is 12.3 Å². The third-order valence-corrected chi connectivity index (χ3v) is 8.48. The number of likely N-dealkylation sites (N-methyl/N-ethyl adjacent to an activating group) is 1. The predicted molar refractivity (Wildman–Crippen MR) is 168 cm³/mol. The van der Waals surface area contributed by atoms with Crippen LogP contribution in [0.3, 0.4) is 0 Å². The Balaban J connectivity index is 1.26. The fraction of sp³-hybridized carbons (Fsp3) is 0.382. The predicted octanol–water partition coefficient (Wildman–Crippen LogP) is 4.64. The second kappa shape index (κ2) is 13.9. The molecule has 45 heavy (non-hydrogen) atoms. The standard InChI is InChI=1S/C34H38FN7O3/c1-23-30(19-29(43)17-26-22-41(15-16-44-3)45-33(26)25-9-12-36-31(35)18-25)42(28-7-5-4-6-8-28)39-32(23)27-20-37-34(38-21-27)24-10-13-40(2)14-11-24/h4-10,12,18,20-21,26,33H,11,13-17,19,22H2,1-3H3/t26-,33+/m1/s1. The maximum absolute atomic E-state index is 14.0. The van der Waals surface area contributed by atoms with E-state index in [4.69, 9.17) is 14.7 Å². The Morgan fingerprint density at radius 3 is 2.64 bits per heavy atom. The van der Waals surface area contributed by atoms with Gasteiger partial charge in [-0.15, -0.1) is 0 Å². The Hall–Kier alpha value is -4.16. The number of methoxy groups -OCH3 is 1. The molecule has 234 valence electrons. The summed E-state index contributed by atoms with van der Waals surface area (Å²) in [6.07, 6.45) is 8.13. The fourth-order valence-corrected chi connectivity index (χ4v) is 6.02. The van der Waals surface area contributed by atoms with Crippen molar-refractivity contribution >= 4 is 11.4 Å². The Morgan fingerprint density at radius 1 is 1.13 bits per heavy atom. The number of halogens is 1. The van der Waals surface area contributed by atoms with E-state index in [1.54, 1.807) is 18.2 Å². The van der Waals surface area contributed by atoms with Gasteiger partial charge in [0.15, 0.2) is 5.82 Å². The van der Waals surface area contributed by atoms with Crippen molar-refractivity contribution in [1.29, 1.82) is 0 Å². The average molecular weight is 612 g/mol. The molecule has 0 bridgehead atoms. The maximum atomic E-state index is 14.0. The van der Waals surface area contributed by atoms with Gasteiger partial charge in [-0.2, -0.15) is 14.6 Å². The summed E-state index contributed by atoms with van der Waals surface area (Å²) in [7, 11) is 3.73. The highest BCUT2D eigenvalue weighted by atomic mass is 19.1. The van der Waals surface area contributed by atoms with Crippen LogP contribution in [0.2, 0.25) is 0 Å². The first-order chi connectivity index (χ1) is 21.9. The number of Topliss-reactive ketones (excluding diaryl/α,β-unsaturated/α-hetero) is 1. The number of pyridine rings is 1. The number of rotatable bonds is 11. The van der Waals surface area contributed by atoms with Crippen LogP contribution < -0.4 is 0 Å². The Morgan fingerprint density at radius 2 is 1.93 bits per heavy atom. The van der Waals surface area contributed by atoms with Crippen molar-refractivity contribution in [3.63, 3.8) is 0 Å². The molecule has 1 saturated heterocycles. The zero-order chi connectivity index (χ0) is 31.3. The molecule has 0 saturated carbocycles. The molecule has 3 aromatic heterocycles. The van der Waals surface area contributed by atoms with Crippen LogP contribution >= 0.6 is 0 Å². The van der Waals surface area contributed by atoms with Crippen molar-refractivity contribution in [3.05, 3.63) is 95.7 Å². The second-order valence-electron chi connectivity index (χ2n) is 11.7. The average Bonchev–Trinajstić information content (AvgIpc) is 3.61. The maximum Gasteiger partial charge on any atom is 0.213 e. The smallest absolute Gasteiger partial charge is 0.213 e. The quantitative estimate of drug-likeness (QED) is 0.225. The van der Waals surface area contributed by atoms with Crippen molar-refractivity contribution in [2.24, 2.45) is 5.92 Å². The highest BCUT2D eigenvalue weighted by Crippen LogP contribution is 2.37. The molecule has 0 amide bonds. The van der Waals surface area contributed by atoms with Gasteiger partial charge in [-0.1, -0.05) is 24.3 Å². The van der Waals surface area contributed by atoms with E-state index < -0.39 is 12.1 Å². The molecule has 1 aromatic carbocycles. The van der Waals surface area contributed by atoms with E-state index in [1.807, 2.05) is 54.3 Å². The molecule has 0 unspecified atom stereocenters. The molecule has 0 radical (unpaired) electrons. The summed E-state index contributed by atoms with van der Waals surface area (Å²) in [6, 6.07) is 12.9. The molecule has 11 heteroatoms. The highest BCUT2D eigenvalue weighted by molar-refractivity contribution is 5.82. The van der Waals surface area contributed by atoms with Crippen molar-refractivity contribution in [3.8, 4) is 16.9 Å². The minimum atomic E-state index is -0.577. The number of hydrogen-bond acceptors (Lipinski definition) is 9. The minimum absolute atomic E-state index is 0.0456. The molecule has 4 aromatic rings. The lowest BCUT2D eigenvalue weighted by Crippen LogP contribution is -2.24. The summed E-state index contributed by atoms with van der Waals surface area (Å²) in [6.45, 7) is 5.41. The van der Waals surface area contributed by atoms with Gasteiger partial charge in [0.2, 0.25) is 5.95 Å². The minimum Gasteiger partial charge on any atom is -0.383 e. The van der Waals surface area contributed by atoms with Crippen molar-refractivity contribution in [2.45, 2.75) is 32.3 Å². The SMILES string of the molecule is COCCN1C[C@@H](CC(=O)Cc2c(C)c(-c3cnc(C4=CCN(C)CC4)nc3)nn2-c2ccccc2)[C@H](c2ccnc(F)c2)O1. The number of nitrogens with zero attached hydrogens (tertiary/aromatic N) is 7. The summed E-state index contributed by atoms with van der Waals surface area (Å²) in [5, 5.41) is 6.77. The van der Waals surface area contributed by atoms with Gasteiger partial charge in [-0.25, -0.2) is 19.6 Å². The van der Waals surface area contributed by atoms with Gasteiger partial charge in [-0.3, -0.25) is 9.63 Å². The number of ether oxygens (including phenoxy) is 1. The first-order valence-corrected chi connectivity index (χ1v) is 15.3. The third kappa shape index (κ3) is 7.07. The number of benzene rings is 1. The normalized spacial score (nSPS) is 19.2. The lowest BCUT2D eigenvalue weighted by Gasteiger charge is -2.21. The van der Waals surface area contributed by atoms with Gasteiger partial charge in [0.25, 0.3) is 0 Å². The summed E-state index contributed by atoms with van der Waals surface area (Å²) >= 11 is 0. The van der Waals surface area contributed by atoms with Crippen molar-refractivity contribution < 1.29 is 18.8 Å². The molecular formula is C34H38FN7O3. The first-order valence-electron chi connectivity index (χ1n) is 15.3. The van der Waals surface area contributed by atoms with Gasteiger partial charge in [0, 0.05) is 76.2 Å². The molecule has 6 rings (SSSR count). The number of carbonyl (C=O) groups excluding carboxylic acids is 1. The second-order valence-corrected chi connectivity index (χ2v) is 11.7. The molecule has 1 fully saturated rings. The monoisotopic (exact) mass is 611 g/mol. The lowest BCUT2D eigenvalue weighted by atomic mass is 9.91. The third-order valence-electron chi connectivity index (χ3n) is 8.48. The zero-order valence-corrected chi connectivity index (χ0v) is 25.9. The summed E-state index contributed by atoms with van der Waals surface area (Å²) in [5.74, 6) is 0.0407. The van der Waals surface area contributed by atoms with Gasteiger partial charge >= 0.3 is 0 Å². The van der Waals surface area contributed by atoms with Crippen LogP contribution in [0.15, 0.2) is 67.1 Å². The molecule has 5 heterocycles. The highest BCUT2D eigenvalue weighted by Gasteiger charge is 2.37. The number of hydroxylamine groups is 2. The van der Waals surface area contributed by atoms with E-state index in [0.717, 1.165) is 59.1 Å². The molecule has 2 aliphatic heterocycles. The van der Waals surface area contributed by atoms with Gasteiger partial charge in [0.1, 0.15) is 11.9 Å². The Kier molecular flexibility index (Phi) is 9.50. The molecule has 10 nitrogen and oxygen atoms in total. The van der Waals surface area contributed by atoms with E-state index in [2.05, 4.69) is 33.0 Å². The van der Waals surface area contributed by atoms with E-state index in [9.17, 15) is 9.18 Å². The Bertz CT molecular complexity index is 1660. The van der Waals surface area contributed by atoms with Crippen LogP contribution in [0, 0.1) is 18.8 Å². The van der Waals surface area contributed by atoms with Gasteiger partial charge in [0.05, 0.1) is 23.7 Å². The summed E-state index contributed by atoms with van der Waals surface area (Å²) in [4.78, 5) is 35.3. The lowest BCUT2D eigenvalue weighted by molar-refractivity contribution is -0.155. The van der Waals surface area contributed by atoms with Crippen LogP contribution in [-0.2, 0) is 20.8 Å². The molecule has 0 spiro atoms. The Labute approximate surface area is 262 Å². The largest absolute Gasteiger partial charge is 0.383 e. The molecule has 0 N–H and O–H groups in total. The zero-order valence-electron chi connectivity index (χ0n) is 25.9. The van der Waals surface area contributed by atoms with Crippen LogP contribution in [0.25, 0.3) is 22.5 Å². The van der Waals surface area contributed by atoms with E-state index in [-0.39, 0.29) is 24.5 Å². The number of ketones is 1. The number of carbonyl (C=O) groups is 1. The van der Waals surface area contributed by atoms with Crippen LogP contribution in [-0.4, -0.2) is 87.4 Å². The molecule has 2 atom stereocenters. The molecular weight excluding hydrogens is 573 g/mol. The van der Waals surface area contributed by atoms with E-state index >= 15 is 0 Å². The van der Waals surface area contributed by atoms with Crippen LogP contribution in [0.4, 0.5) is 4.39 Å². The first kappa shape index (κ1) is 30.8. The molecule has 0 aliphatic carbocycles.